The number of hydrogen-bond donors (Lipinski definition) is 3. The highest BCUT2D eigenvalue weighted by Gasteiger charge is 2.17. The van der Waals surface area contributed by atoms with Crippen molar-refractivity contribution in [3.63, 3.8) is 0 Å². The maximum Gasteiger partial charge on any atom is 0.334 e. The standard InChI is InChI=1S/C12H17N3O4/c1-2-15(8-9-5-3-4-6-13-9)12(19)14-7-10(16)11(17)18/h3-6,10,16H,2,7-8H2,1H3,(H,14,19)(H,17,18)/t10-/m0/s1. The zero-order chi connectivity index (χ0) is 14.3. The molecule has 1 heterocycles. The number of nitrogens with zero attached hydrogens (tertiary/aromatic N) is 2. The Bertz CT molecular complexity index is 424. The summed E-state index contributed by atoms with van der Waals surface area (Å²) in [5.41, 5.74) is 0.735. The molecule has 7 heteroatoms. The van der Waals surface area contributed by atoms with E-state index in [4.69, 9.17) is 10.2 Å². The van der Waals surface area contributed by atoms with Crippen molar-refractivity contribution in [2.75, 3.05) is 13.1 Å². The Morgan fingerprint density at radius 1 is 1.47 bits per heavy atom. The van der Waals surface area contributed by atoms with Crippen molar-refractivity contribution in [1.82, 2.24) is 15.2 Å². The monoisotopic (exact) mass is 267 g/mol. The van der Waals surface area contributed by atoms with E-state index < -0.39 is 18.1 Å². The van der Waals surface area contributed by atoms with Gasteiger partial charge in [0.05, 0.1) is 18.8 Å². The van der Waals surface area contributed by atoms with Crippen LogP contribution in [0.1, 0.15) is 12.6 Å². The topological polar surface area (TPSA) is 103 Å². The number of amides is 2. The number of aliphatic hydroxyl groups excluding tert-OH is 1. The number of rotatable bonds is 6. The van der Waals surface area contributed by atoms with Gasteiger partial charge in [-0.1, -0.05) is 6.07 Å². The number of nitrogens with one attached hydrogen (secondary N) is 1. The van der Waals surface area contributed by atoms with E-state index >= 15 is 0 Å². The van der Waals surface area contributed by atoms with Crippen LogP contribution in [0.5, 0.6) is 0 Å². The molecule has 0 spiro atoms. The van der Waals surface area contributed by atoms with Crippen LogP contribution in [-0.4, -0.2) is 51.3 Å². The Kier molecular flexibility index (Phi) is 5.74. The van der Waals surface area contributed by atoms with Crippen molar-refractivity contribution in [3.8, 4) is 0 Å². The van der Waals surface area contributed by atoms with E-state index in [1.807, 2.05) is 6.07 Å². The number of carbonyl (C=O) groups is 2. The fourth-order valence-electron chi connectivity index (χ4n) is 1.40. The number of hydrogen-bond acceptors (Lipinski definition) is 4. The number of urea groups is 1. The van der Waals surface area contributed by atoms with Crippen molar-refractivity contribution >= 4 is 12.0 Å². The summed E-state index contributed by atoms with van der Waals surface area (Å²) >= 11 is 0. The van der Waals surface area contributed by atoms with Crippen molar-refractivity contribution < 1.29 is 19.8 Å². The largest absolute Gasteiger partial charge is 0.479 e. The highest BCUT2D eigenvalue weighted by Crippen LogP contribution is 2.01. The van der Waals surface area contributed by atoms with Crippen molar-refractivity contribution in [2.45, 2.75) is 19.6 Å². The zero-order valence-corrected chi connectivity index (χ0v) is 10.6. The van der Waals surface area contributed by atoms with Crippen LogP contribution in [0.15, 0.2) is 24.4 Å². The summed E-state index contributed by atoms with van der Waals surface area (Å²) in [5, 5.41) is 19.9. The highest BCUT2D eigenvalue weighted by atomic mass is 16.4. The summed E-state index contributed by atoms with van der Waals surface area (Å²) in [6, 6.07) is 4.96. The molecule has 1 atom stereocenters. The third kappa shape index (κ3) is 4.92. The zero-order valence-electron chi connectivity index (χ0n) is 10.6. The second kappa shape index (κ2) is 7.32. The van der Waals surface area contributed by atoms with E-state index in [2.05, 4.69) is 10.3 Å². The molecular formula is C12H17N3O4. The average Bonchev–Trinajstić information content (AvgIpc) is 2.42. The maximum atomic E-state index is 11.8. The summed E-state index contributed by atoms with van der Waals surface area (Å²) in [4.78, 5) is 27.8. The normalized spacial score (nSPS) is 11.7. The van der Waals surface area contributed by atoms with Gasteiger partial charge in [-0.3, -0.25) is 4.98 Å². The van der Waals surface area contributed by atoms with E-state index in [1.54, 1.807) is 25.3 Å². The SMILES string of the molecule is CCN(Cc1ccccn1)C(=O)NC[C@H](O)C(=O)O. The number of carboxylic acids is 1. The molecule has 19 heavy (non-hydrogen) atoms. The van der Waals surface area contributed by atoms with Crippen LogP contribution in [0.4, 0.5) is 4.79 Å². The van der Waals surface area contributed by atoms with E-state index in [0.29, 0.717) is 13.1 Å². The molecule has 1 rings (SSSR count). The molecule has 1 aromatic heterocycles. The second-order valence-electron chi connectivity index (χ2n) is 3.88. The first-order chi connectivity index (χ1) is 9.04. The van der Waals surface area contributed by atoms with E-state index in [1.165, 1.54) is 4.90 Å². The lowest BCUT2D eigenvalue weighted by atomic mass is 10.3. The summed E-state index contributed by atoms with van der Waals surface area (Å²) in [6.45, 7) is 2.25. The minimum atomic E-state index is -1.60. The third-order valence-corrected chi connectivity index (χ3v) is 2.48. The fraction of sp³-hybridized carbons (Fsp3) is 0.417. The van der Waals surface area contributed by atoms with E-state index in [-0.39, 0.29) is 6.54 Å². The number of aliphatic carboxylic acids is 1. The Morgan fingerprint density at radius 2 is 2.21 bits per heavy atom. The molecule has 0 aliphatic carbocycles. The molecule has 0 aliphatic heterocycles. The van der Waals surface area contributed by atoms with Crippen molar-refractivity contribution in [3.05, 3.63) is 30.1 Å². The lowest BCUT2D eigenvalue weighted by molar-refractivity contribution is -0.146. The van der Waals surface area contributed by atoms with Gasteiger partial charge in [0, 0.05) is 12.7 Å². The second-order valence-corrected chi connectivity index (χ2v) is 3.88. The minimum Gasteiger partial charge on any atom is -0.479 e. The first kappa shape index (κ1) is 14.9. The van der Waals surface area contributed by atoms with Gasteiger partial charge in [0.1, 0.15) is 0 Å². The summed E-state index contributed by atoms with van der Waals surface area (Å²) in [7, 11) is 0. The third-order valence-electron chi connectivity index (χ3n) is 2.48. The molecule has 0 aliphatic rings. The number of pyridine rings is 1. The van der Waals surface area contributed by atoms with Gasteiger partial charge >= 0.3 is 12.0 Å². The lowest BCUT2D eigenvalue weighted by Crippen LogP contribution is -2.44. The van der Waals surface area contributed by atoms with Crippen LogP contribution >= 0.6 is 0 Å². The molecule has 1 aromatic rings. The fourth-order valence-corrected chi connectivity index (χ4v) is 1.40. The molecule has 0 radical (unpaired) electrons. The van der Waals surface area contributed by atoms with Crippen LogP contribution < -0.4 is 5.32 Å². The van der Waals surface area contributed by atoms with Gasteiger partial charge < -0.3 is 20.4 Å². The first-order valence-corrected chi connectivity index (χ1v) is 5.88. The smallest absolute Gasteiger partial charge is 0.334 e. The molecule has 0 aromatic carbocycles. The van der Waals surface area contributed by atoms with E-state index in [9.17, 15) is 9.59 Å². The predicted octanol–water partition coefficient (Wildman–Crippen LogP) is 0.0586. The van der Waals surface area contributed by atoms with Gasteiger partial charge in [0.2, 0.25) is 0 Å². The van der Waals surface area contributed by atoms with Crippen LogP contribution in [0.25, 0.3) is 0 Å². The number of aromatic nitrogens is 1. The quantitative estimate of drug-likeness (QED) is 0.676. The molecular weight excluding hydrogens is 250 g/mol. The predicted molar refractivity (Wildman–Crippen MR) is 67.4 cm³/mol. The van der Waals surface area contributed by atoms with Gasteiger partial charge in [0.15, 0.2) is 6.10 Å². The molecule has 7 nitrogen and oxygen atoms in total. The molecule has 2 amide bonds. The Hall–Kier alpha value is -2.15. The van der Waals surface area contributed by atoms with Gasteiger partial charge in [-0.2, -0.15) is 0 Å². The average molecular weight is 267 g/mol. The lowest BCUT2D eigenvalue weighted by Gasteiger charge is -2.21. The molecule has 104 valence electrons. The van der Waals surface area contributed by atoms with Gasteiger partial charge in [-0.15, -0.1) is 0 Å². The van der Waals surface area contributed by atoms with Crippen LogP contribution in [-0.2, 0) is 11.3 Å². The molecule has 0 saturated carbocycles. The first-order valence-electron chi connectivity index (χ1n) is 5.88. The molecule has 0 saturated heterocycles. The Morgan fingerprint density at radius 3 is 2.74 bits per heavy atom. The van der Waals surface area contributed by atoms with Crippen LogP contribution in [0, 0.1) is 0 Å². The van der Waals surface area contributed by atoms with Crippen molar-refractivity contribution in [2.24, 2.45) is 0 Å². The van der Waals surface area contributed by atoms with Gasteiger partial charge in [-0.25, -0.2) is 9.59 Å². The van der Waals surface area contributed by atoms with Crippen molar-refractivity contribution in [1.29, 1.82) is 0 Å². The summed E-state index contributed by atoms with van der Waals surface area (Å²) < 4.78 is 0. The minimum absolute atomic E-state index is 0.326. The van der Waals surface area contributed by atoms with Crippen LogP contribution in [0.3, 0.4) is 0 Å². The Labute approximate surface area is 110 Å². The molecule has 0 fully saturated rings. The molecule has 0 unspecified atom stereocenters. The number of aliphatic hydroxyl groups is 1. The molecule has 0 bridgehead atoms. The van der Waals surface area contributed by atoms with Gasteiger partial charge in [-0.05, 0) is 19.1 Å². The number of carboxylic acid groups (broad SMARTS) is 1. The highest BCUT2D eigenvalue weighted by molar-refractivity contribution is 5.76. The maximum absolute atomic E-state index is 11.8. The summed E-state index contributed by atoms with van der Waals surface area (Å²) in [5.74, 6) is -1.37. The van der Waals surface area contributed by atoms with Gasteiger partial charge in [0.25, 0.3) is 0 Å². The number of carbonyl (C=O) groups excluding carboxylic acids is 1. The Balaban J connectivity index is 2.50. The van der Waals surface area contributed by atoms with Crippen LogP contribution in [0.2, 0.25) is 0 Å². The van der Waals surface area contributed by atoms with E-state index in [0.717, 1.165) is 5.69 Å². The summed E-state index contributed by atoms with van der Waals surface area (Å²) in [6.07, 6.45) is 0.0347. The molecule has 3 N–H and O–H groups in total.